The van der Waals surface area contributed by atoms with Crippen LogP contribution in [-0.2, 0) is 5.33 Å². The van der Waals surface area contributed by atoms with Crippen LogP contribution >= 0.6 is 15.9 Å². The van der Waals surface area contributed by atoms with Crippen LogP contribution in [0.25, 0.3) is 0 Å². The molecule has 0 fully saturated rings. The number of nitro groups is 1. The first kappa shape index (κ1) is 11.8. The SMILES string of the molecule is O=c1[nH]c(C(F)F)cc(CBr)c1[N+](=O)[O-]. The summed E-state index contributed by atoms with van der Waals surface area (Å²) in [6.45, 7) is 0. The summed E-state index contributed by atoms with van der Waals surface area (Å²) < 4.78 is 24.5. The smallest absolute Gasteiger partial charge is 0.315 e. The predicted molar refractivity (Wildman–Crippen MR) is 51.3 cm³/mol. The normalized spacial score (nSPS) is 10.7. The quantitative estimate of drug-likeness (QED) is 0.524. The molecule has 5 nitrogen and oxygen atoms in total. The Kier molecular flexibility index (Phi) is 3.51. The summed E-state index contributed by atoms with van der Waals surface area (Å²) in [5.74, 6) is 0. The molecule has 1 rings (SSSR count). The molecule has 1 N–H and O–H groups in total. The summed E-state index contributed by atoms with van der Waals surface area (Å²) in [5, 5.41) is 10.4. The summed E-state index contributed by atoms with van der Waals surface area (Å²) in [6.07, 6.45) is -2.86. The summed E-state index contributed by atoms with van der Waals surface area (Å²) in [6, 6.07) is 0.902. The highest BCUT2D eigenvalue weighted by atomic mass is 79.9. The molecule has 0 amide bonds. The van der Waals surface area contributed by atoms with E-state index in [0.29, 0.717) is 0 Å². The Morgan fingerprint density at radius 2 is 2.20 bits per heavy atom. The Bertz CT molecular complexity index is 446. The summed E-state index contributed by atoms with van der Waals surface area (Å²) in [5.41, 5.74) is -2.53. The minimum Gasteiger partial charge on any atom is -0.315 e. The van der Waals surface area contributed by atoms with E-state index in [4.69, 9.17) is 0 Å². The van der Waals surface area contributed by atoms with Crippen LogP contribution in [0.3, 0.4) is 0 Å². The third-order valence-corrected chi connectivity index (χ3v) is 2.27. The van der Waals surface area contributed by atoms with Gasteiger partial charge in [0.1, 0.15) is 0 Å². The molecule has 1 heterocycles. The van der Waals surface area contributed by atoms with Crippen molar-refractivity contribution < 1.29 is 13.7 Å². The van der Waals surface area contributed by atoms with Gasteiger partial charge in [0.2, 0.25) is 0 Å². The van der Waals surface area contributed by atoms with Gasteiger partial charge >= 0.3 is 11.2 Å². The molecule has 0 bridgehead atoms. The van der Waals surface area contributed by atoms with E-state index in [1.807, 2.05) is 0 Å². The molecule has 8 heteroatoms. The maximum atomic E-state index is 12.2. The molecule has 0 aliphatic rings. The second kappa shape index (κ2) is 4.47. The second-order valence-electron chi connectivity index (χ2n) is 2.62. The van der Waals surface area contributed by atoms with E-state index >= 15 is 0 Å². The number of aromatic nitrogens is 1. The largest absolute Gasteiger partial charge is 0.337 e. The van der Waals surface area contributed by atoms with Crippen LogP contribution in [0.2, 0.25) is 0 Å². The molecule has 0 unspecified atom stereocenters. The molecule has 15 heavy (non-hydrogen) atoms. The van der Waals surface area contributed by atoms with Crippen LogP contribution in [0.1, 0.15) is 17.7 Å². The van der Waals surface area contributed by atoms with Gasteiger partial charge in [0.15, 0.2) is 0 Å². The zero-order chi connectivity index (χ0) is 11.6. The molecule has 0 aliphatic carbocycles. The van der Waals surface area contributed by atoms with Crippen molar-refractivity contribution in [3.63, 3.8) is 0 Å². The number of aromatic amines is 1. The fraction of sp³-hybridized carbons (Fsp3) is 0.286. The van der Waals surface area contributed by atoms with E-state index in [0.717, 1.165) is 6.07 Å². The van der Waals surface area contributed by atoms with Gasteiger partial charge in [0.05, 0.1) is 10.6 Å². The average Bonchev–Trinajstić information content (AvgIpc) is 2.15. The van der Waals surface area contributed by atoms with Crippen LogP contribution < -0.4 is 5.56 Å². The highest BCUT2D eigenvalue weighted by molar-refractivity contribution is 9.08. The Morgan fingerprint density at radius 3 is 2.60 bits per heavy atom. The third-order valence-electron chi connectivity index (χ3n) is 1.67. The monoisotopic (exact) mass is 282 g/mol. The first-order valence-electron chi connectivity index (χ1n) is 3.72. The van der Waals surface area contributed by atoms with Crippen LogP contribution in [0.4, 0.5) is 14.5 Å². The Labute approximate surface area is 90.4 Å². The number of rotatable bonds is 3. The Balaban J connectivity index is 3.44. The highest BCUT2D eigenvalue weighted by Crippen LogP contribution is 2.22. The summed E-state index contributed by atoms with van der Waals surface area (Å²) >= 11 is 2.89. The van der Waals surface area contributed by atoms with Gasteiger partial charge < -0.3 is 4.98 Å². The van der Waals surface area contributed by atoms with Crippen molar-refractivity contribution in [1.82, 2.24) is 4.98 Å². The lowest BCUT2D eigenvalue weighted by molar-refractivity contribution is -0.387. The van der Waals surface area contributed by atoms with Crippen LogP contribution in [-0.4, -0.2) is 9.91 Å². The molecule has 0 saturated carbocycles. The Hall–Kier alpha value is -1.31. The van der Waals surface area contributed by atoms with Crippen LogP contribution in [0.15, 0.2) is 10.9 Å². The van der Waals surface area contributed by atoms with Gasteiger partial charge in [0.25, 0.3) is 6.43 Å². The van der Waals surface area contributed by atoms with Gasteiger partial charge in [-0.2, -0.15) is 0 Å². The fourth-order valence-corrected chi connectivity index (χ4v) is 1.48. The van der Waals surface area contributed by atoms with E-state index < -0.39 is 28.3 Å². The first-order valence-corrected chi connectivity index (χ1v) is 4.84. The van der Waals surface area contributed by atoms with Gasteiger partial charge in [-0.05, 0) is 6.07 Å². The first-order chi connectivity index (χ1) is 6.97. The maximum Gasteiger partial charge on any atom is 0.337 e. The molecule has 0 aromatic carbocycles. The predicted octanol–water partition coefficient (Wildman–Crippen LogP) is 2.12. The van der Waals surface area contributed by atoms with Gasteiger partial charge in [0, 0.05) is 10.9 Å². The fourth-order valence-electron chi connectivity index (χ4n) is 1.05. The van der Waals surface area contributed by atoms with E-state index in [9.17, 15) is 23.7 Å². The van der Waals surface area contributed by atoms with Gasteiger partial charge in [-0.25, -0.2) is 8.78 Å². The average molecular weight is 283 g/mol. The number of pyridine rings is 1. The van der Waals surface area contributed by atoms with Gasteiger partial charge in [-0.1, -0.05) is 15.9 Å². The van der Waals surface area contributed by atoms with Crippen molar-refractivity contribution in [3.8, 4) is 0 Å². The molecule has 0 radical (unpaired) electrons. The van der Waals surface area contributed by atoms with Gasteiger partial charge in [-0.15, -0.1) is 0 Å². The van der Waals surface area contributed by atoms with E-state index in [-0.39, 0.29) is 10.9 Å². The molecule has 0 atom stereocenters. The van der Waals surface area contributed by atoms with Crippen molar-refractivity contribution in [2.45, 2.75) is 11.8 Å². The van der Waals surface area contributed by atoms with Crippen molar-refractivity contribution in [1.29, 1.82) is 0 Å². The van der Waals surface area contributed by atoms with E-state index in [2.05, 4.69) is 15.9 Å². The highest BCUT2D eigenvalue weighted by Gasteiger charge is 2.21. The molecule has 0 spiro atoms. The minimum absolute atomic E-state index is 0.0348. The van der Waals surface area contributed by atoms with E-state index in [1.165, 1.54) is 0 Å². The number of alkyl halides is 3. The Morgan fingerprint density at radius 1 is 1.60 bits per heavy atom. The lowest BCUT2D eigenvalue weighted by atomic mass is 10.2. The molecule has 0 saturated heterocycles. The molecule has 82 valence electrons. The minimum atomic E-state index is -2.86. The molecular formula is C7H5BrF2N2O3. The zero-order valence-electron chi connectivity index (χ0n) is 7.17. The third kappa shape index (κ3) is 2.38. The molecule has 1 aromatic rings. The standard InChI is InChI=1S/C7H5BrF2N2O3/c8-2-3-1-4(6(9)10)11-7(13)5(3)12(14)15/h1,6H,2H2,(H,11,13). The lowest BCUT2D eigenvalue weighted by Crippen LogP contribution is -2.16. The van der Waals surface area contributed by atoms with Crippen molar-refractivity contribution in [2.75, 3.05) is 0 Å². The van der Waals surface area contributed by atoms with E-state index in [1.54, 1.807) is 4.98 Å². The number of H-pyrrole nitrogens is 1. The molecule has 1 aromatic heterocycles. The lowest BCUT2D eigenvalue weighted by Gasteiger charge is -2.02. The van der Waals surface area contributed by atoms with Crippen molar-refractivity contribution in [3.05, 3.63) is 37.8 Å². The topological polar surface area (TPSA) is 76.0 Å². The number of nitrogens with one attached hydrogen (secondary N) is 1. The number of nitrogens with zero attached hydrogens (tertiary/aromatic N) is 1. The number of hydrogen-bond donors (Lipinski definition) is 1. The number of hydrogen-bond acceptors (Lipinski definition) is 3. The maximum absolute atomic E-state index is 12.2. The van der Waals surface area contributed by atoms with Crippen LogP contribution in [0, 0.1) is 10.1 Å². The molecule has 0 aliphatic heterocycles. The number of halogens is 3. The van der Waals surface area contributed by atoms with Gasteiger partial charge in [-0.3, -0.25) is 14.9 Å². The summed E-state index contributed by atoms with van der Waals surface area (Å²) in [4.78, 5) is 22.4. The van der Waals surface area contributed by atoms with Crippen molar-refractivity contribution >= 4 is 21.6 Å². The zero-order valence-corrected chi connectivity index (χ0v) is 8.75. The molecular weight excluding hydrogens is 278 g/mol. The summed E-state index contributed by atoms with van der Waals surface area (Å²) in [7, 11) is 0. The van der Waals surface area contributed by atoms with Crippen LogP contribution in [0.5, 0.6) is 0 Å². The second-order valence-corrected chi connectivity index (χ2v) is 3.18. The van der Waals surface area contributed by atoms with Crippen molar-refractivity contribution in [2.24, 2.45) is 0 Å².